The van der Waals surface area contributed by atoms with Crippen molar-refractivity contribution in [1.82, 2.24) is 5.32 Å². The van der Waals surface area contributed by atoms with E-state index in [2.05, 4.69) is 12.2 Å². The van der Waals surface area contributed by atoms with Crippen LogP contribution in [0.25, 0.3) is 0 Å². The highest BCUT2D eigenvalue weighted by Crippen LogP contribution is 2.24. The minimum atomic E-state index is -2.77. The third-order valence-electron chi connectivity index (χ3n) is 4.35. The van der Waals surface area contributed by atoms with Gasteiger partial charge in [-0.25, -0.2) is 8.42 Å². The monoisotopic (exact) mass is 259 g/mol. The van der Waals surface area contributed by atoms with Crippen LogP contribution in [0.1, 0.15) is 51.9 Å². The highest BCUT2D eigenvalue weighted by Gasteiger charge is 2.31. The van der Waals surface area contributed by atoms with Crippen molar-refractivity contribution in [2.45, 2.75) is 63.2 Å². The molecule has 0 bridgehead atoms. The van der Waals surface area contributed by atoms with Gasteiger partial charge >= 0.3 is 0 Å². The van der Waals surface area contributed by atoms with E-state index in [1.54, 1.807) is 0 Å². The molecule has 0 aromatic heterocycles. The Bertz CT molecular complexity index is 339. The number of hydrogen-bond donors (Lipinski definition) is 1. The molecule has 1 saturated carbocycles. The van der Waals surface area contributed by atoms with E-state index in [1.807, 2.05) is 0 Å². The summed E-state index contributed by atoms with van der Waals surface area (Å²) in [6.07, 6.45) is 8.06. The summed E-state index contributed by atoms with van der Waals surface area (Å²) < 4.78 is 23.4. The molecule has 2 fully saturated rings. The van der Waals surface area contributed by atoms with Gasteiger partial charge in [-0.1, -0.05) is 19.8 Å². The summed E-state index contributed by atoms with van der Waals surface area (Å²) in [4.78, 5) is 0. The van der Waals surface area contributed by atoms with Gasteiger partial charge in [0.1, 0.15) is 0 Å². The van der Waals surface area contributed by atoms with E-state index in [9.17, 15) is 8.42 Å². The quantitative estimate of drug-likeness (QED) is 0.790. The Morgan fingerprint density at radius 3 is 2.59 bits per heavy atom. The van der Waals surface area contributed by atoms with Gasteiger partial charge in [0.05, 0.1) is 11.0 Å². The van der Waals surface area contributed by atoms with Gasteiger partial charge in [0, 0.05) is 12.6 Å². The first-order valence-corrected chi connectivity index (χ1v) is 8.74. The lowest BCUT2D eigenvalue weighted by molar-refractivity contribution is 0.443. The third kappa shape index (κ3) is 3.68. The van der Waals surface area contributed by atoms with Gasteiger partial charge < -0.3 is 5.32 Å². The van der Waals surface area contributed by atoms with Crippen LogP contribution in [0.4, 0.5) is 0 Å². The third-order valence-corrected chi connectivity index (χ3v) is 6.63. The summed E-state index contributed by atoms with van der Waals surface area (Å²) >= 11 is 0. The zero-order valence-electron chi connectivity index (χ0n) is 10.8. The summed E-state index contributed by atoms with van der Waals surface area (Å²) in [5.41, 5.74) is 0. The van der Waals surface area contributed by atoms with E-state index in [-0.39, 0.29) is 5.25 Å². The smallest absolute Gasteiger partial charge is 0.154 e. The predicted molar refractivity (Wildman–Crippen MR) is 70.8 cm³/mol. The minimum Gasteiger partial charge on any atom is -0.313 e. The van der Waals surface area contributed by atoms with Crippen molar-refractivity contribution in [2.75, 3.05) is 12.3 Å². The van der Waals surface area contributed by atoms with E-state index >= 15 is 0 Å². The van der Waals surface area contributed by atoms with Gasteiger partial charge in [-0.05, 0) is 38.0 Å². The first kappa shape index (κ1) is 13.3. The molecule has 1 aliphatic carbocycles. The summed E-state index contributed by atoms with van der Waals surface area (Å²) in [6, 6.07) is 0.552. The lowest BCUT2D eigenvalue weighted by Crippen LogP contribution is -2.37. The zero-order valence-corrected chi connectivity index (χ0v) is 11.6. The van der Waals surface area contributed by atoms with Crippen molar-refractivity contribution >= 4 is 9.84 Å². The van der Waals surface area contributed by atoms with E-state index in [4.69, 9.17) is 0 Å². The summed E-state index contributed by atoms with van der Waals surface area (Å²) in [5.74, 6) is 1.25. The topological polar surface area (TPSA) is 46.2 Å². The normalized spacial score (nSPS) is 37.8. The van der Waals surface area contributed by atoms with E-state index in [1.165, 1.54) is 32.1 Å². The molecule has 3 atom stereocenters. The van der Waals surface area contributed by atoms with Crippen molar-refractivity contribution in [1.29, 1.82) is 0 Å². The van der Waals surface area contributed by atoms with Crippen molar-refractivity contribution in [3.8, 4) is 0 Å². The van der Waals surface area contributed by atoms with Crippen LogP contribution in [-0.4, -0.2) is 32.0 Å². The standard InChI is InChI=1S/C13H25NO2S/c1-11-4-2-5-12(8-7-11)14-10-13-6-3-9-17(13,15)16/h11-14H,2-10H2,1H3. The van der Waals surface area contributed by atoms with Crippen molar-refractivity contribution in [3.05, 3.63) is 0 Å². The van der Waals surface area contributed by atoms with Gasteiger partial charge in [-0.3, -0.25) is 0 Å². The molecule has 3 nitrogen and oxygen atoms in total. The molecular weight excluding hydrogens is 234 g/mol. The van der Waals surface area contributed by atoms with Crippen LogP contribution in [0.3, 0.4) is 0 Å². The molecule has 1 N–H and O–H groups in total. The molecule has 1 saturated heterocycles. The number of sulfone groups is 1. The molecular formula is C13H25NO2S. The molecule has 1 aliphatic heterocycles. The Morgan fingerprint density at radius 2 is 1.88 bits per heavy atom. The van der Waals surface area contributed by atoms with Crippen molar-refractivity contribution in [3.63, 3.8) is 0 Å². The number of rotatable bonds is 3. The second kappa shape index (κ2) is 5.70. The molecule has 0 spiro atoms. The van der Waals surface area contributed by atoms with Gasteiger partial charge in [-0.15, -0.1) is 0 Å². The first-order valence-electron chi connectivity index (χ1n) is 7.03. The summed E-state index contributed by atoms with van der Waals surface area (Å²) in [6.45, 7) is 3.01. The van der Waals surface area contributed by atoms with Crippen LogP contribution in [0.15, 0.2) is 0 Å². The fraction of sp³-hybridized carbons (Fsp3) is 1.00. The maximum absolute atomic E-state index is 11.7. The molecule has 0 aromatic carbocycles. The fourth-order valence-corrected chi connectivity index (χ4v) is 4.86. The average molecular weight is 259 g/mol. The van der Waals surface area contributed by atoms with Gasteiger partial charge in [0.25, 0.3) is 0 Å². The second-order valence-electron chi connectivity index (χ2n) is 5.85. The van der Waals surface area contributed by atoms with Crippen LogP contribution in [0, 0.1) is 5.92 Å². The molecule has 3 unspecified atom stereocenters. The summed E-state index contributed by atoms with van der Waals surface area (Å²) in [5, 5.41) is 3.39. The Balaban J connectivity index is 1.78. The zero-order chi connectivity index (χ0) is 12.3. The maximum atomic E-state index is 11.7. The predicted octanol–water partition coefficient (Wildman–Crippen LogP) is 2.12. The molecule has 0 aromatic rings. The molecule has 4 heteroatoms. The lowest BCUT2D eigenvalue weighted by atomic mass is 10.0. The maximum Gasteiger partial charge on any atom is 0.154 e. The molecule has 0 amide bonds. The summed E-state index contributed by atoms with van der Waals surface area (Å²) in [7, 11) is -2.77. The van der Waals surface area contributed by atoms with Crippen LogP contribution >= 0.6 is 0 Å². The van der Waals surface area contributed by atoms with Gasteiger partial charge in [-0.2, -0.15) is 0 Å². The van der Waals surface area contributed by atoms with Crippen LogP contribution in [-0.2, 0) is 9.84 Å². The Morgan fingerprint density at radius 1 is 1.06 bits per heavy atom. The lowest BCUT2D eigenvalue weighted by Gasteiger charge is -2.19. The van der Waals surface area contributed by atoms with Gasteiger partial charge in [0.15, 0.2) is 9.84 Å². The van der Waals surface area contributed by atoms with E-state index in [0.717, 1.165) is 18.8 Å². The average Bonchev–Trinajstić information content (AvgIpc) is 2.47. The van der Waals surface area contributed by atoms with E-state index < -0.39 is 9.84 Å². The van der Waals surface area contributed by atoms with Crippen LogP contribution in [0.5, 0.6) is 0 Å². The Kier molecular flexibility index (Phi) is 4.47. The minimum absolute atomic E-state index is 0.108. The fourth-order valence-electron chi connectivity index (χ4n) is 3.08. The molecule has 1 heterocycles. The molecule has 0 radical (unpaired) electrons. The number of hydrogen-bond acceptors (Lipinski definition) is 3. The molecule has 2 aliphatic rings. The van der Waals surface area contributed by atoms with E-state index in [0.29, 0.717) is 18.3 Å². The Hall–Kier alpha value is -0.0900. The first-order chi connectivity index (χ1) is 8.08. The van der Waals surface area contributed by atoms with Crippen molar-refractivity contribution in [2.24, 2.45) is 5.92 Å². The second-order valence-corrected chi connectivity index (χ2v) is 8.25. The largest absolute Gasteiger partial charge is 0.313 e. The SMILES string of the molecule is CC1CCCC(NCC2CCCS2(=O)=O)CC1. The van der Waals surface area contributed by atoms with Crippen LogP contribution < -0.4 is 5.32 Å². The molecule has 2 rings (SSSR count). The molecule has 100 valence electrons. The molecule has 17 heavy (non-hydrogen) atoms. The highest BCUT2D eigenvalue weighted by molar-refractivity contribution is 7.92. The number of nitrogens with one attached hydrogen (secondary N) is 1. The Labute approximate surface area is 105 Å². The van der Waals surface area contributed by atoms with Crippen molar-refractivity contribution < 1.29 is 8.42 Å². The van der Waals surface area contributed by atoms with Crippen LogP contribution in [0.2, 0.25) is 0 Å². The highest BCUT2D eigenvalue weighted by atomic mass is 32.2. The van der Waals surface area contributed by atoms with Gasteiger partial charge in [0.2, 0.25) is 0 Å².